The van der Waals surface area contributed by atoms with Gasteiger partial charge in [0.15, 0.2) is 5.82 Å². The highest BCUT2D eigenvalue weighted by molar-refractivity contribution is 6.05. The molecular weight excluding hydrogens is 853 g/mol. The van der Waals surface area contributed by atoms with Gasteiger partial charge in [-0.15, -0.1) is 0 Å². The molecule has 0 bridgehead atoms. The molecule has 0 aliphatic heterocycles. The number of carbonyl (C=O) groups excluding carboxylic acids is 3. The molecule has 8 aromatic rings. The summed E-state index contributed by atoms with van der Waals surface area (Å²) in [7, 11) is 1.59. The minimum atomic E-state index is -0.268. The van der Waals surface area contributed by atoms with Crippen molar-refractivity contribution in [3.63, 3.8) is 0 Å². The second-order valence-corrected chi connectivity index (χ2v) is 19.1. The maximum Gasteiger partial charge on any atom is 0.256 e. The van der Waals surface area contributed by atoms with Gasteiger partial charge in [-0.1, -0.05) is 89.1 Å². The zero-order valence-electron chi connectivity index (χ0n) is 40.8. The number of anilines is 5. The summed E-state index contributed by atoms with van der Waals surface area (Å²) in [5.41, 5.74) is 17.6. The maximum atomic E-state index is 13.6. The molecule has 350 valence electrons. The second-order valence-electron chi connectivity index (χ2n) is 19.1. The molecule has 15 nitrogen and oxygen atoms in total. The summed E-state index contributed by atoms with van der Waals surface area (Å²) in [4.78, 5) is 43.1. The third-order valence-corrected chi connectivity index (χ3v) is 11.6. The predicted octanol–water partition coefficient (Wildman–Crippen LogP) is 10.1. The fourth-order valence-electron chi connectivity index (χ4n) is 7.24. The minimum absolute atomic E-state index is 0.135. The fraction of sp³-hybridized carbons (Fsp3) is 0.264. The lowest BCUT2D eigenvalue weighted by molar-refractivity contribution is 0.0960. The topological polar surface area (TPSA) is 191 Å². The van der Waals surface area contributed by atoms with E-state index >= 15 is 0 Å². The van der Waals surface area contributed by atoms with Crippen LogP contribution >= 0.6 is 0 Å². The first-order valence-corrected chi connectivity index (χ1v) is 22.4. The van der Waals surface area contributed by atoms with Crippen molar-refractivity contribution in [2.24, 2.45) is 0 Å². The molecule has 8 rings (SSSR count). The molecule has 0 radical (unpaired) electrons. The average molecular weight is 913 g/mol. The molecule has 6 N–H and O–H groups in total. The molecule has 0 saturated carbocycles. The number of fused-ring (bicyclic) bond motifs is 1. The van der Waals surface area contributed by atoms with Gasteiger partial charge in [0.1, 0.15) is 23.5 Å². The molecule has 0 fully saturated rings. The quantitative estimate of drug-likeness (QED) is 0.0877. The van der Waals surface area contributed by atoms with E-state index < -0.39 is 0 Å². The molecule has 4 aromatic carbocycles. The number of aromatic nitrogens is 7. The van der Waals surface area contributed by atoms with Crippen molar-refractivity contribution in [1.29, 1.82) is 0 Å². The van der Waals surface area contributed by atoms with Crippen LogP contribution in [-0.2, 0) is 10.8 Å². The molecule has 4 aromatic heterocycles. The number of nitrogen functional groups attached to an aromatic ring is 1. The zero-order valence-corrected chi connectivity index (χ0v) is 40.8. The van der Waals surface area contributed by atoms with Gasteiger partial charge in [-0.2, -0.15) is 15.3 Å². The van der Waals surface area contributed by atoms with Crippen LogP contribution in [0.3, 0.4) is 0 Å². The van der Waals surface area contributed by atoms with E-state index in [1.807, 2.05) is 107 Å². The van der Waals surface area contributed by atoms with Gasteiger partial charge in [0.2, 0.25) is 0 Å². The SMILES string of the molecule is CNC(=O)c1cn2ncnc(Nc3cc(C(=O)Nc4cc(C(C)(C)C)nn4-c4ccc(C)cc4)ccc3C)c2c1C.Cc1ccc(-n2nc(C(C)(C)C)cc2NC(=O)c2ccc(C)c(N)c2)cc1. The van der Waals surface area contributed by atoms with Crippen LogP contribution in [0.5, 0.6) is 0 Å². The molecule has 0 spiro atoms. The van der Waals surface area contributed by atoms with Crippen molar-refractivity contribution in [2.45, 2.75) is 87.0 Å². The Hall–Kier alpha value is -8.07. The number of rotatable bonds is 9. The number of hydrogen-bond acceptors (Lipinski definition) is 9. The Morgan fingerprint density at radius 2 is 1.09 bits per heavy atom. The van der Waals surface area contributed by atoms with Crippen LogP contribution in [0, 0.1) is 34.6 Å². The smallest absolute Gasteiger partial charge is 0.256 e. The zero-order chi connectivity index (χ0) is 49.2. The first kappa shape index (κ1) is 47.9. The largest absolute Gasteiger partial charge is 0.398 e. The number of nitrogens with two attached hydrogens (primary N) is 1. The Balaban J connectivity index is 0.000000220. The normalized spacial score (nSPS) is 11.5. The third-order valence-electron chi connectivity index (χ3n) is 11.6. The van der Waals surface area contributed by atoms with E-state index in [9.17, 15) is 14.4 Å². The summed E-state index contributed by atoms with van der Waals surface area (Å²) in [6.07, 6.45) is 3.10. The Morgan fingerprint density at radius 1 is 0.603 bits per heavy atom. The van der Waals surface area contributed by atoms with E-state index in [4.69, 9.17) is 15.9 Å². The monoisotopic (exact) mass is 912 g/mol. The molecule has 4 heterocycles. The first-order valence-electron chi connectivity index (χ1n) is 22.4. The van der Waals surface area contributed by atoms with Gasteiger partial charge in [0, 0.05) is 58.7 Å². The maximum absolute atomic E-state index is 13.6. The highest BCUT2D eigenvalue weighted by atomic mass is 16.2. The van der Waals surface area contributed by atoms with E-state index in [1.165, 1.54) is 11.9 Å². The van der Waals surface area contributed by atoms with Crippen LogP contribution in [0.2, 0.25) is 0 Å². The molecule has 15 heteroatoms. The lowest BCUT2D eigenvalue weighted by atomic mass is 9.92. The Morgan fingerprint density at radius 3 is 1.56 bits per heavy atom. The van der Waals surface area contributed by atoms with E-state index in [-0.39, 0.29) is 28.6 Å². The summed E-state index contributed by atoms with van der Waals surface area (Å²) in [6, 6.07) is 30.7. The van der Waals surface area contributed by atoms with Crippen LogP contribution in [0.1, 0.15) is 112 Å². The van der Waals surface area contributed by atoms with Crippen molar-refractivity contribution >= 4 is 52.1 Å². The summed E-state index contributed by atoms with van der Waals surface area (Å²) >= 11 is 0. The van der Waals surface area contributed by atoms with Crippen LogP contribution in [0.4, 0.5) is 28.8 Å². The molecule has 0 saturated heterocycles. The first-order chi connectivity index (χ1) is 32.1. The number of hydrogen-bond donors (Lipinski definition) is 5. The number of nitrogens with zero attached hydrogens (tertiary/aromatic N) is 7. The van der Waals surface area contributed by atoms with Crippen molar-refractivity contribution < 1.29 is 14.4 Å². The minimum Gasteiger partial charge on any atom is -0.398 e. The number of aryl methyl sites for hydroxylation is 5. The average Bonchev–Trinajstić information content (AvgIpc) is 4.02. The van der Waals surface area contributed by atoms with Gasteiger partial charge in [0.25, 0.3) is 17.7 Å². The lowest BCUT2D eigenvalue weighted by Gasteiger charge is -2.14. The number of nitrogens with one attached hydrogen (secondary N) is 4. The van der Waals surface area contributed by atoms with Crippen molar-refractivity contribution in [1.82, 2.24) is 39.5 Å². The van der Waals surface area contributed by atoms with Gasteiger partial charge < -0.3 is 27.0 Å². The van der Waals surface area contributed by atoms with Gasteiger partial charge in [-0.25, -0.2) is 18.9 Å². The fourth-order valence-corrected chi connectivity index (χ4v) is 7.24. The van der Waals surface area contributed by atoms with Crippen molar-refractivity contribution in [3.05, 3.63) is 165 Å². The van der Waals surface area contributed by atoms with E-state index in [0.29, 0.717) is 51.0 Å². The standard InChI is InChI=1S/C31H34N8O2.C22H26N4O/c1-18-8-12-22(13-9-18)39-26(15-25(37-39)31(4,5)6)36-29(40)21-11-10-19(2)24(14-21)35-28-27-20(3)23(30(41)32-7)16-38(27)34-17-33-28;1-14-6-10-17(11-7-14)26-20(13-19(25-26)22(3,4)5)24-21(27)16-9-8-15(2)18(23)12-16/h8-17H,1-7H3,(H,32,41)(H,36,40)(H,33,34,35);6-13H,23H2,1-5H3,(H,24,27). The summed E-state index contributed by atoms with van der Waals surface area (Å²) < 4.78 is 5.16. The number of carbonyl (C=O) groups is 3. The van der Waals surface area contributed by atoms with E-state index in [0.717, 1.165) is 45.0 Å². The molecule has 3 amide bonds. The van der Waals surface area contributed by atoms with Gasteiger partial charge in [-0.3, -0.25) is 14.4 Å². The lowest BCUT2D eigenvalue weighted by Crippen LogP contribution is -2.17. The Bertz CT molecular complexity index is 3160. The number of amides is 3. The van der Waals surface area contributed by atoms with Gasteiger partial charge in [0.05, 0.1) is 28.3 Å². The molecular formula is C53H60N12O3. The van der Waals surface area contributed by atoms with Gasteiger partial charge in [-0.05, 0) is 99.8 Å². The Labute approximate surface area is 397 Å². The van der Waals surface area contributed by atoms with Gasteiger partial charge >= 0.3 is 0 Å². The second kappa shape index (κ2) is 19.0. The molecule has 0 aliphatic rings. The molecule has 0 unspecified atom stereocenters. The summed E-state index contributed by atoms with van der Waals surface area (Å²) in [5, 5.41) is 25.9. The molecule has 68 heavy (non-hydrogen) atoms. The summed E-state index contributed by atoms with van der Waals surface area (Å²) in [5.74, 6) is 1.06. The highest BCUT2D eigenvalue weighted by Gasteiger charge is 2.24. The van der Waals surface area contributed by atoms with Crippen LogP contribution in [0.25, 0.3) is 16.9 Å². The van der Waals surface area contributed by atoms with Crippen LogP contribution < -0.4 is 27.0 Å². The Kier molecular flexibility index (Phi) is 13.4. The summed E-state index contributed by atoms with van der Waals surface area (Å²) in [6.45, 7) is 22.4. The van der Waals surface area contributed by atoms with Crippen molar-refractivity contribution in [3.8, 4) is 11.4 Å². The number of benzene rings is 4. The van der Waals surface area contributed by atoms with Crippen LogP contribution in [-0.4, -0.2) is 58.9 Å². The third kappa shape index (κ3) is 10.5. The van der Waals surface area contributed by atoms with Crippen molar-refractivity contribution in [2.75, 3.05) is 28.7 Å². The molecule has 0 aliphatic carbocycles. The van der Waals surface area contributed by atoms with E-state index in [1.54, 1.807) is 51.4 Å². The molecule has 0 atom stereocenters. The van der Waals surface area contributed by atoms with Crippen LogP contribution in [0.15, 0.2) is 110 Å². The van der Waals surface area contributed by atoms with E-state index in [2.05, 4.69) is 72.9 Å². The predicted molar refractivity (Wildman–Crippen MR) is 271 cm³/mol. The highest BCUT2D eigenvalue weighted by Crippen LogP contribution is 2.31.